The van der Waals surface area contributed by atoms with E-state index in [1.54, 1.807) is 39.0 Å². The van der Waals surface area contributed by atoms with Crippen molar-refractivity contribution in [2.24, 2.45) is 5.92 Å². The summed E-state index contributed by atoms with van der Waals surface area (Å²) in [6, 6.07) is 17.0. The van der Waals surface area contributed by atoms with Gasteiger partial charge in [-0.3, -0.25) is 4.79 Å². The molecule has 1 atom stereocenters. The van der Waals surface area contributed by atoms with Gasteiger partial charge in [0, 0.05) is 6.54 Å². The molecule has 0 aliphatic rings. The number of alkyl carbamates (subject to hydrolysis) is 1. The summed E-state index contributed by atoms with van der Waals surface area (Å²) in [6.07, 6.45) is -0.746. The van der Waals surface area contributed by atoms with E-state index in [1.165, 1.54) is 12.1 Å². The molecule has 2 rings (SSSR count). The van der Waals surface area contributed by atoms with E-state index in [0.717, 1.165) is 5.56 Å². The first kappa shape index (κ1) is 23.4. The molecule has 0 aliphatic heterocycles. The number of rotatable bonds is 8. The molecule has 2 aromatic carbocycles. The fraction of sp³-hybridized carbons (Fsp3) is 0.364. The average Bonchev–Trinajstić information content (AvgIpc) is 2.69. The van der Waals surface area contributed by atoms with Crippen molar-refractivity contribution in [2.45, 2.75) is 37.9 Å². The summed E-state index contributed by atoms with van der Waals surface area (Å²) in [6.45, 7) is 4.90. The van der Waals surface area contributed by atoms with E-state index in [2.05, 4.69) is 5.32 Å². The Morgan fingerprint density at radius 2 is 1.53 bits per heavy atom. The molecule has 0 saturated heterocycles. The molecule has 162 valence electrons. The Balaban J connectivity index is 2.04. The topological polar surface area (TPSA) is 98.8 Å². The van der Waals surface area contributed by atoms with E-state index in [0.29, 0.717) is 0 Å². The number of hydrogen-bond acceptors (Lipinski definition) is 6. The van der Waals surface area contributed by atoms with Gasteiger partial charge in [0.15, 0.2) is 9.84 Å². The summed E-state index contributed by atoms with van der Waals surface area (Å²) >= 11 is 0. The van der Waals surface area contributed by atoms with Crippen LogP contribution in [0.2, 0.25) is 0 Å². The highest BCUT2D eigenvalue weighted by Crippen LogP contribution is 2.17. The molecule has 0 heterocycles. The van der Waals surface area contributed by atoms with Crippen LogP contribution in [0.15, 0.2) is 65.6 Å². The monoisotopic (exact) mass is 433 g/mol. The van der Waals surface area contributed by atoms with Crippen LogP contribution in [0.5, 0.6) is 0 Å². The number of nitrogens with one attached hydrogen (secondary N) is 1. The maximum Gasteiger partial charge on any atom is 0.407 e. The number of carbonyl (C=O) groups excluding carboxylic acids is 2. The van der Waals surface area contributed by atoms with Crippen LogP contribution in [0.1, 0.15) is 26.3 Å². The smallest absolute Gasteiger partial charge is 0.407 e. The van der Waals surface area contributed by atoms with E-state index in [9.17, 15) is 18.0 Å². The van der Waals surface area contributed by atoms with Gasteiger partial charge in [-0.25, -0.2) is 13.2 Å². The molecule has 0 spiro atoms. The highest BCUT2D eigenvalue weighted by atomic mass is 32.2. The molecule has 1 N–H and O–H groups in total. The Morgan fingerprint density at radius 1 is 0.967 bits per heavy atom. The number of hydrogen-bond donors (Lipinski definition) is 1. The van der Waals surface area contributed by atoms with E-state index in [1.807, 2.05) is 30.3 Å². The van der Waals surface area contributed by atoms with Gasteiger partial charge >= 0.3 is 12.1 Å². The van der Waals surface area contributed by atoms with Crippen LogP contribution in [0.4, 0.5) is 4.79 Å². The summed E-state index contributed by atoms with van der Waals surface area (Å²) < 4.78 is 35.9. The Kier molecular flexibility index (Phi) is 8.00. The molecule has 2 aromatic rings. The zero-order valence-electron chi connectivity index (χ0n) is 17.3. The largest absolute Gasteiger partial charge is 0.460 e. The fourth-order valence-electron chi connectivity index (χ4n) is 2.57. The number of carbonyl (C=O) groups is 2. The first-order valence-electron chi connectivity index (χ1n) is 9.52. The Morgan fingerprint density at radius 3 is 2.10 bits per heavy atom. The van der Waals surface area contributed by atoms with Crippen molar-refractivity contribution < 1.29 is 27.5 Å². The number of amides is 1. The van der Waals surface area contributed by atoms with Crippen LogP contribution < -0.4 is 5.32 Å². The molecular formula is C22H27NO6S. The van der Waals surface area contributed by atoms with E-state index in [-0.39, 0.29) is 18.0 Å². The number of benzene rings is 2. The standard InChI is InChI=1S/C22H27NO6S/c1-22(2,3)29-20(24)18(16-30(26,27)19-12-8-5-9-13-19)14-23-21(25)28-15-17-10-6-4-7-11-17/h4-13,18H,14-16H2,1-3H3,(H,23,25)/t18-/m1/s1. The van der Waals surface area contributed by atoms with Crippen LogP contribution in [0.25, 0.3) is 0 Å². The summed E-state index contributed by atoms with van der Waals surface area (Å²) in [5, 5.41) is 2.47. The van der Waals surface area contributed by atoms with Crippen molar-refractivity contribution >= 4 is 21.9 Å². The number of sulfone groups is 1. The first-order chi connectivity index (χ1) is 14.1. The highest BCUT2D eigenvalue weighted by Gasteiger charge is 2.31. The van der Waals surface area contributed by atoms with Crippen molar-refractivity contribution in [3.8, 4) is 0 Å². The third-order valence-electron chi connectivity index (χ3n) is 3.97. The van der Waals surface area contributed by atoms with Crippen LogP contribution in [0.3, 0.4) is 0 Å². The molecule has 0 aromatic heterocycles. The van der Waals surface area contributed by atoms with Gasteiger partial charge in [-0.05, 0) is 38.5 Å². The quantitative estimate of drug-likeness (QED) is 0.641. The van der Waals surface area contributed by atoms with E-state index < -0.39 is 39.2 Å². The number of esters is 1. The van der Waals surface area contributed by atoms with Gasteiger partial charge in [-0.2, -0.15) is 0 Å². The van der Waals surface area contributed by atoms with Gasteiger partial charge in [-0.15, -0.1) is 0 Å². The van der Waals surface area contributed by atoms with Gasteiger partial charge in [-0.1, -0.05) is 48.5 Å². The predicted molar refractivity (Wildman–Crippen MR) is 112 cm³/mol. The minimum atomic E-state index is -3.76. The third-order valence-corrected chi connectivity index (χ3v) is 5.80. The predicted octanol–water partition coefficient (Wildman–Crippen LogP) is 3.34. The van der Waals surface area contributed by atoms with Gasteiger partial charge in [0.25, 0.3) is 0 Å². The second-order valence-electron chi connectivity index (χ2n) is 7.77. The zero-order chi connectivity index (χ0) is 22.2. The lowest BCUT2D eigenvalue weighted by Gasteiger charge is -2.24. The van der Waals surface area contributed by atoms with Crippen molar-refractivity contribution in [3.63, 3.8) is 0 Å². The van der Waals surface area contributed by atoms with E-state index in [4.69, 9.17) is 9.47 Å². The van der Waals surface area contributed by atoms with Gasteiger partial charge in [0.05, 0.1) is 16.6 Å². The van der Waals surface area contributed by atoms with Crippen molar-refractivity contribution in [1.29, 1.82) is 0 Å². The van der Waals surface area contributed by atoms with Gasteiger partial charge in [0.2, 0.25) is 0 Å². The Hall–Kier alpha value is -2.87. The molecule has 0 radical (unpaired) electrons. The first-order valence-corrected chi connectivity index (χ1v) is 11.2. The molecule has 0 fully saturated rings. The number of ether oxygens (including phenoxy) is 2. The second kappa shape index (κ2) is 10.2. The lowest BCUT2D eigenvalue weighted by Crippen LogP contribution is -2.40. The lowest BCUT2D eigenvalue weighted by molar-refractivity contribution is -0.158. The van der Waals surface area contributed by atoms with E-state index >= 15 is 0 Å². The van der Waals surface area contributed by atoms with Crippen LogP contribution in [0, 0.1) is 5.92 Å². The van der Waals surface area contributed by atoms with Crippen molar-refractivity contribution in [3.05, 3.63) is 66.2 Å². The zero-order valence-corrected chi connectivity index (χ0v) is 18.1. The molecule has 0 unspecified atom stereocenters. The van der Waals surface area contributed by atoms with Crippen molar-refractivity contribution in [1.82, 2.24) is 5.32 Å². The molecule has 0 bridgehead atoms. The molecule has 1 amide bonds. The molecule has 8 heteroatoms. The molecule has 0 saturated carbocycles. The maximum atomic E-state index is 12.7. The summed E-state index contributed by atoms with van der Waals surface area (Å²) in [5.74, 6) is -2.28. The van der Waals surface area contributed by atoms with Crippen LogP contribution in [-0.2, 0) is 30.7 Å². The maximum absolute atomic E-state index is 12.7. The Bertz CT molecular complexity index is 937. The lowest BCUT2D eigenvalue weighted by atomic mass is 10.1. The third kappa shape index (κ3) is 7.87. The molecular weight excluding hydrogens is 406 g/mol. The SMILES string of the molecule is CC(C)(C)OC(=O)[C@H](CNC(=O)OCc1ccccc1)CS(=O)(=O)c1ccccc1. The summed E-state index contributed by atoms with van der Waals surface area (Å²) in [5.41, 5.74) is 0.0163. The summed E-state index contributed by atoms with van der Waals surface area (Å²) in [4.78, 5) is 24.7. The van der Waals surface area contributed by atoms with Crippen molar-refractivity contribution in [2.75, 3.05) is 12.3 Å². The Labute approximate surface area is 177 Å². The second-order valence-corrected chi connectivity index (χ2v) is 9.80. The van der Waals surface area contributed by atoms with Crippen LogP contribution in [-0.4, -0.2) is 38.4 Å². The molecule has 30 heavy (non-hydrogen) atoms. The van der Waals surface area contributed by atoms with Gasteiger partial charge in [0.1, 0.15) is 12.2 Å². The summed E-state index contributed by atoms with van der Waals surface area (Å²) in [7, 11) is -3.76. The van der Waals surface area contributed by atoms with Gasteiger partial charge < -0.3 is 14.8 Å². The minimum Gasteiger partial charge on any atom is -0.460 e. The fourth-order valence-corrected chi connectivity index (χ4v) is 4.11. The minimum absolute atomic E-state index is 0.0616. The molecule has 7 nitrogen and oxygen atoms in total. The normalized spacial score (nSPS) is 12.6. The highest BCUT2D eigenvalue weighted by molar-refractivity contribution is 7.91. The average molecular weight is 434 g/mol. The molecule has 0 aliphatic carbocycles. The van der Waals surface area contributed by atoms with Crippen LogP contribution >= 0.6 is 0 Å².